The summed E-state index contributed by atoms with van der Waals surface area (Å²) >= 11 is 0. The second-order valence-electron chi connectivity index (χ2n) is 5.01. The summed E-state index contributed by atoms with van der Waals surface area (Å²) in [5, 5.41) is 10.5. The van der Waals surface area contributed by atoms with Crippen molar-refractivity contribution in [2.24, 2.45) is 0 Å². The van der Waals surface area contributed by atoms with Crippen LogP contribution in [-0.2, 0) is 0 Å². The molecule has 0 unspecified atom stereocenters. The monoisotopic (exact) mass is 266 g/mol. The lowest BCUT2D eigenvalue weighted by atomic mass is 9.95. The first-order valence-electron chi connectivity index (χ1n) is 6.12. The van der Waals surface area contributed by atoms with E-state index in [0.717, 1.165) is 0 Å². The molecule has 1 fully saturated rings. The SMILES string of the molecule is CC1(F)CCN(C(=O)c2ccc([N+](=O)[O-])cc2)CC1. The van der Waals surface area contributed by atoms with Gasteiger partial charge in [0.25, 0.3) is 11.6 Å². The maximum absolute atomic E-state index is 13.6. The quantitative estimate of drug-likeness (QED) is 0.610. The van der Waals surface area contributed by atoms with E-state index >= 15 is 0 Å². The number of piperidine rings is 1. The standard InChI is InChI=1S/C13H15FN2O3/c1-13(14)6-8-15(9-7-13)12(17)10-2-4-11(5-3-10)16(18)19/h2-5H,6-9H2,1H3. The summed E-state index contributed by atoms with van der Waals surface area (Å²) in [5.74, 6) is -0.203. The predicted molar refractivity (Wildman–Crippen MR) is 67.7 cm³/mol. The molecule has 0 atom stereocenters. The molecule has 19 heavy (non-hydrogen) atoms. The van der Waals surface area contributed by atoms with Crippen molar-refractivity contribution in [1.82, 2.24) is 4.90 Å². The first-order chi connectivity index (χ1) is 8.89. The zero-order valence-corrected chi connectivity index (χ0v) is 10.6. The normalized spacial score (nSPS) is 18.1. The number of likely N-dealkylation sites (tertiary alicyclic amines) is 1. The third-order valence-corrected chi connectivity index (χ3v) is 3.42. The van der Waals surface area contributed by atoms with Gasteiger partial charge in [0.05, 0.1) is 4.92 Å². The molecule has 1 aromatic rings. The second kappa shape index (κ2) is 4.95. The van der Waals surface area contributed by atoms with Gasteiger partial charge in [-0.15, -0.1) is 0 Å². The van der Waals surface area contributed by atoms with E-state index in [-0.39, 0.29) is 11.6 Å². The molecule has 1 saturated heterocycles. The van der Waals surface area contributed by atoms with Gasteiger partial charge in [-0.1, -0.05) is 0 Å². The average molecular weight is 266 g/mol. The van der Waals surface area contributed by atoms with Crippen LogP contribution in [0.15, 0.2) is 24.3 Å². The number of non-ortho nitro benzene ring substituents is 1. The molecule has 0 aliphatic carbocycles. The first-order valence-corrected chi connectivity index (χ1v) is 6.12. The van der Waals surface area contributed by atoms with Crippen molar-refractivity contribution < 1.29 is 14.1 Å². The average Bonchev–Trinajstić information content (AvgIpc) is 2.38. The fourth-order valence-electron chi connectivity index (χ4n) is 2.08. The largest absolute Gasteiger partial charge is 0.338 e. The zero-order chi connectivity index (χ0) is 14.0. The van der Waals surface area contributed by atoms with E-state index in [1.165, 1.54) is 24.3 Å². The van der Waals surface area contributed by atoms with Gasteiger partial charge in [0.2, 0.25) is 0 Å². The van der Waals surface area contributed by atoms with Gasteiger partial charge in [0.15, 0.2) is 0 Å². The van der Waals surface area contributed by atoms with Crippen molar-refractivity contribution in [3.63, 3.8) is 0 Å². The topological polar surface area (TPSA) is 63.5 Å². The molecule has 0 aromatic heterocycles. The van der Waals surface area contributed by atoms with Crippen LogP contribution in [0.1, 0.15) is 30.1 Å². The van der Waals surface area contributed by atoms with Crippen LogP contribution in [0.2, 0.25) is 0 Å². The fraction of sp³-hybridized carbons (Fsp3) is 0.462. The number of nitro benzene ring substituents is 1. The summed E-state index contributed by atoms with van der Waals surface area (Å²) < 4.78 is 13.6. The Morgan fingerprint density at radius 2 is 1.84 bits per heavy atom. The second-order valence-corrected chi connectivity index (χ2v) is 5.01. The summed E-state index contributed by atoms with van der Waals surface area (Å²) in [6, 6.07) is 5.47. The van der Waals surface area contributed by atoms with Crippen LogP contribution in [0.4, 0.5) is 10.1 Å². The van der Waals surface area contributed by atoms with E-state index in [1.807, 2.05) is 0 Å². The van der Waals surface area contributed by atoms with E-state index in [2.05, 4.69) is 0 Å². The molecule has 6 heteroatoms. The van der Waals surface area contributed by atoms with Gasteiger partial charge < -0.3 is 4.90 Å². The summed E-state index contributed by atoms with van der Waals surface area (Å²) in [5.41, 5.74) is -0.855. The molecule has 0 N–H and O–H groups in total. The Hall–Kier alpha value is -1.98. The lowest BCUT2D eigenvalue weighted by Gasteiger charge is -2.34. The highest BCUT2D eigenvalue weighted by Gasteiger charge is 2.31. The molecule has 0 radical (unpaired) electrons. The van der Waals surface area contributed by atoms with E-state index < -0.39 is 10.6 Å². The number of amides is 1. The molecule has 0 saturated carbocycles. The van der Waals surface area contributed by atoms with Crippen molar-refractivity contribution >= 4 is 11.6 Å². The van der Waals surface area contributed by atoms with Crippen molar-refractivity contribution in [1.29, 1.82) is 0 Å². The van der Waals surface area contributed by atoms with Crippen molar-refractivity contribution in [3.05, 3.63) is 39.9 Å². The van der Waals surface area contributed by atoms with E-state index in [0.29, 0.717) is 31.5 Å². The highest BCUT2D eigenvalue weighted by atomic mass is 19.1. The van der Waals surface area contributed by atoms with Gasteiger partial charge in [-0.3, -0.25) is 14.9 Å². The molecular weight excluding hydrogens is 251 g/mol. The number of alkyl halides is 1. The highest BCUT2D eigenvalue weighted by Crippen LogP contribution is 2.26. The van der Waals surface area contributed by atoms with Crippen LogP contribution < -0.4 is 0 Å². The number of hydrogen-bond acceptors (Lipinski definition) is 3. The van der Waals surface area contributed by atoms with Crippen LogP contribution in [0, 0.1) is 10.1 Å². The molecule has 1 amide bonds. The summed E-state index contributed by atoms with van der Waals surface area (Å²) in [6.07, 6.45) is 0.650. The van der Waals surface area contributed by atoms with Gasteiger partial charge in [-0.2, -0.15) is 0 Å². The summed E-state index contributed by atoms with van der Waals surface area (Å²) in [6.45, 7) is 2.30. The van der Waals surface area contributed by atoms with Gasteiger partial charge >= 0.3 is 0 Å². The first kappa shape index (κ1) is 13.5. The predicted octanol–water partition coefficient (Wildman–Crippen LogP) is 2.56. The molecule has 0 bridgehead atoms. The summed E-state index contributed by atoms with van der Waals surface area (Å²) in [7, 11) is 0. The lowest BCUT2D eigenvalue weighted by molar-refractivity contribution is -0.384. The van der Waals surface area contributed by atoms with Crippen LogP contribution in [-0.4, -0.2) is 34.5 Å². The molecule has 0 spiro atoms. The molecule has 1 aliphatic heterocycles. The molecule has 1 aliphatic rings. The number of nitro groups is 1. The third-order valence-electron chi connectivity index (χ3n) is 3.42. The molecule has 102 valence electrons. The number of benzene rings is 1. The summed E-state index contributed by atoms with van der Waals surface area (Å²) in [4.78, 5) is 23.7. The Morgan fingerprint density at radius 3 is 2.32 bits per heavy atom. The molecule has 2 rings (SSSR count). The van der Waals surface area contributed by atoms with Crippen LogP contribution in [0.5, 0.6) is 0 Å². The smallest absolute Gasteiger partial charge is 0.269 e. The molecular formula is C13H15FN2O3. The maximum Gasteiger partial charge on any atom is 0.269 e. The van der Waals surface area contributed by atoms with Crippen molar-refractivity contribution in [2.75, 3.05) is 13.1 Å². The fourth-order valence-corrected chi connectivity index (χ4v) is 2.08. The number of carbonyl (C=O) groups is 1. The van der Waals surface area contributed by atoms with Gasteiger partial charge in [0, 0.05) is 30.8 Å². The number of rotatable bonds is 2. The van der Waals surface area contributed by atoms with Gasteiger partial charge in [0.1, 0.15) is 5.67 Å². The maximum atomic E-state index is 13.6. The molecule has 1 aromatic carbocycles. The Kier molecular flexibility index (Phi) is 3.50. The highest BCUT2D eigenvalue weighted by molar-refractivity contribution is 5.94. The van der Waals surface area contributed by atoms with Crippen molar-refractivity contribution in [2.45, 2.75) is 25.4 Å². The third kappa shape index (κ3) is 3.07. The van der Waals surface area contributed by atoms with Gasteiger partial charge in [-0.05, 0) is 31.9 Å². The Balaban J connectivity index is 2.06. The minimum Gasteiger partial charge on any atom is -0.338 e. The van der Waals surface area contributed by atoms with Crippen LogP contribution in [0.25, 0.3) is 0 Å². The molecule has 1 heterocycles. The van der Waals surface area contributed by atoms with Crippen LogP contribution in [0.3, 0.4) is 0 Å². The van der Waals surface area contributed by atoms with Crippen molar-refractivity contribution in [3.8, 4) is 0 Å². The van der Waals surface area contributed by atoms with Gasteiger partial charge in [-0.25, -0.2) is 4.39 Å². The van der Waals surface area contributed by atoms with E-state index in [1.54, 1.807) is 11.8 Å². The Labute approximate surface area is 110 Å². The number of hydrogen-bond donors (Lipinski definition) is 0. The Bertz CT molecular complexity index is 489. The zero-order valence-electron chi connectivity index (χ0n) is 10.6. The minimum atomic E-state index is -1.20. The Morgan fingerprint density at radius 1 is 1.32 bits per heavy atom. The minimum absolute atomic E-state index is 0.0495. The van der Waals surface area contributed by atoms with E-state index in [9.17, 15) is 19.3 Å². The van der Waals surface area contributed by atoms with Crippen LogP contribution >= 0.6 is 0 Å². The lowest BCUT2D eigenvalue weighted by Crippen LogP contribution is -2.43. The number of nitrogens with zero attached hydrogens (tertiary/aromatic N) is 2. The molecule has 5 nitrogen and oxygen atoms in total. The number of carbonyl (C=O) groups excluding carboxylic acids is 1. The number of halogens is 1. The van der Waals surface area contributed by atoms with E-state index in [4.69, 9.17) is 0 Å².